The molecule has 0 bridgehead atoms. The predicted octanol–water partition coefficient (Wildman–Crippen LogP) is 3.08. The highest BCUT2D eigenvalue weighted by Crippen LogP contribution is 2.35. The van der Waals surface area contributed by atoms with E-state index in [9.17, 15) is 9.59 Å². The number of halogens is 1. The summed E-state index contributed by atoms with van der Waals surface area (Å²) in [5.41, 5.74) is 2.04. The Morgan fingerprint density at radius 1 is 1.18 bits per heavy atom. The number of H-pyrrole nitrogens is 1. The standard InChI is InChI=1S/C20H17BrN4O3/c21-13-2-4-17-14(10-13)18(26)24-20(28-17)5-7-25(8-6-20)19(27)12-1-3-15-16(9-12)23-11-22-15/h1-4,9-11H,5-8H2,(H,22,23)(H,24,26). The Labute approximate surface area is 169 Å². The molecule has 7 nitrogen and oxygen atoms in total. The lowest BCUT2D eigenvalue weighted by Gasteiger charge is -2.44. The molecule has 1 fully saturated rings. The number of nitrogens with one attached hydrogen (secondary N) is 2. The first-order chi connectivity index (χ1) is 13.5. The van der Waals surface area contributed by atoms with E-state index in [0.717, 1.165) is 15.5 Å². The number of imidazole rings is 1. The Hall–Kier alpha value is -2.87. The number of rotatable bonds is 1. The maximum atomic E-state index is 12.9. The second kappa shape index (κ2) is 6.34. The molecule has 0 aliphatic carbocycles. The van der Waals surface area contributed by atoms with Gasteiger partial charge in [0.1, 0.15) is 5.75 Å². The molecular weight excluding hydrogens is 424 g/mol. The predicted molar refractivity (Wildman–Crippen MR) is 106 cm³/mol. The van der Waals surface area contributed by atoms with Crippen LogP contribution in [0.3, 0.4) is 0 Å². The quantitative estimate of drug-likeness (QED) is 0.608. The first-order valence-electron chi connectivity index (χ1n) is 9.07. The van der Waals surface area contributed by atoms with Gasteiger partial charge < -0.3 is 19.9 Å². The second-order valence-corrected chi connectivity index (χ2v) is 8.03. The van der Waals surface area contributed by atoms with Gasteiger partial charge in [-0.05, 0) is 36.4 Å². The van der Waals surface area contributed by atoms with E-state index < -0.39 is 5.72 Å². The number of hydrogen-bond acceptors (Lipinski definition) is 4. The summed E-state index contributed by atoms with van der Waals surface area (Å²) in [6.07, 6.45) is 2.68. The molecule has 2 N–H and O–H groups in total. The average Bonchev–Trinajstić information content (AvgIpc) is 3.17. The van der Waals surface area contributed by atoms with Crippen LogP contribution in [0.1, 0.15) is 33.6 Å². The summed E-state index contributed by atoms with van der Waals surface area (Å²) < 4.78 is 6.99. The summed E-state index contributed by atoms with van der Waals surface area (Å²) in [5, 5.41) is 3.00. The fraction of sp³-hybridized carbons (Fsp3) is 0.250. The molecule has 0 saturated carbocycles. The van der Waals surface area contributed by atoms with Crippen molar-refractivity contribution in [2.45, 2.75) is 18.6 Å². The summed E-state index contributed by atoms with van der Waals surface area (Å²) >= 11 is 3.38. The number of ether oxygens (including phenoxy) is 1. The highest BCUT2D eigenvalue weighted by molar-refractivity contribution is 9.10. The third kappa shape index (κ3) is 2.84. The second-order valence-electron chi connectivity index (χ2n) is 7.12. The van der Waals surface area contributed by atoms with Gasteiger partial charge in [0.2, 0.25) is 0 Å². The lowest BCUT2D eigenvalue weighted by Crippen LogP contribution is -2.61. The van der Waals surface area contributed by atoms with E-state index in [-0.39, 0.29) is 11.8 Å². The molecule has 1 saturated heterocycles. The minimum absolute atomic E-state index is 0.0359. The lowest BCUT2D eigenvalue weighted by molar-refractivity contribution is -0.0245. The van der Waals surface area contributed by atoms with Crippen LogP contribution in [0.2, 0.25) is 0 Å². The van der Waals surface area contributed by atoms with Gasteiger partial charge in [0.25, 0.3) is 11.8 Å². The zero-order valence-electron chi connectivity index (χ0n) is 14.9. The van der Waals surface area contributed by atoms with Gasteiger partial charge in [-0.2, -0.15) is 0 Å². The van der Waals surface area contributed by atoms with Crippen LogP contribution in [0.4, 0.5) is 0 Å². The number of benzene rings is 2. The third-order valence-electron chi connectivity index (χ3n) is 5.36. The maximum absolute atomic E-state index is 12.9. The number of aromatic nitrogens is 2. The minimum atomic E-state index is -0.763. The molecule has 0 unspecified atom stereocenters. The number of likely N-dealkylation sites (tertiary alicyclic amines) is 1. The summed E-state index contributed by atoms with van der Waals surface area (Å²) in [6.45, 7) is 1.01. The van der Waals surface area contributed by atoms with Crippen molar-refractivity contribution in [2.24, 2.45) is 0 Å². The first-order valence-corrected chi connectivity index (χ1v) is 9.86. The zero-order valence-corrected chi connectivity index (χ0v) is 16.5. The van der Waals surface area contributed by atoms with E-state index in [1.807, 2.05) is 12.1 Å². The Morgan fingerprint density at radius 3 is 2.82 bits per heavy atom. The average molecular weight is 441 g/mol. The van der Waals surface area contributed by atoms with E-state index >= 15 is 0 Å². The van der Waals surface area contributed by atoms with Crippen molar-refractivity contribution in [1.82, 2.24) is 20.2 Å². The van der Waals surface area contributed by atoms with Gasteiger partial charge in [-0.25, -0.2) is 4.98 Å². The molecule has 3 aromatic rings. The van der Waals surface area contributed by atoms with Gasteiger partial charge in [-0.3, -0.25) is 9.59 Å². The van der Waals surface area contributed by atoms with Crippen molar-refractivity contribution < 1.29 is 14.3 Å². The van der Waals surface area contributed by atoms with E-state index in [2.05, 4.69) is 31.2 Å². The molecule has 0 atom stereocenters. The van der Waals surface area contributed by atoms with Crippen LogP contribution >= 0.6 is 15.9 Å². The highest BCUT2D eigenvalue weighted by atomic mass is 79.9. The van der Waals surface area contributed by atoms with Crippen LogP contribution in [0.15, 0.2) is 47.2 Å². The summed E-state index contributed by atoms with van der Waals surface area (Å²) in [6, 6.07) is 10.9. The Morgan fingerprint density at radius 2 is 2.00 bits per heavy atom. The molecule has 1 spiro atoms. The van der Waals surface area contributed by atoms with Crippen LogP contribution in [0.5, 0.6) is 5.75 Å². The number of piperidine rings is 1. The van der Waals surface area contributed by atoms with Crippen molar-refractivity contribution in [1.29, 1.82) is 0 Å². The van der Waals surface area contributed by atoms with E-state index in [1.165, 1.54) is 0 Å². The van der Waals surface area contributed by atoms with E-state index in [1.54, 1.807) is 35.5 Å². The molecule has 3 heterocycles. The van der Waals surface area contributed by atoms with Crippen LogP contribution in [0, 0.1) is 0 Å². The largest absolute Gasteiger partial charge is 0.467 e. The molecule has 2 aromatic carbocycles. The third-order valence-corrected chi connectivity index (χ3v) is 5.85. The molecular formula is C20H17BrN4O3. The maximum Gasteiger partial charge on any atom is 0.258 e. The number of amides is 2. The van der Waals surface area contributed by atoms with Gasteiger partial charge in [0.05, 0.1) is 22.9 Å². The van der Waals surface area contributed by atoms with Gasteiger partial charge in [-0.1, -0.05) is 15.9 Å². The number of carbonyl (C=O) groups is 2. The van der Waals surface area contributed by atoms with Crippen molar-refractivity contribution in [2.75, 3.05) is 13.1 Å². The summed E-state index contributed by atoms with van der Waals surface area (Å²) in [4.78, 5) is 34.5. The van der Waals surface area contributed by atoms with E-state index in [0.29, 0.717) is 42.8 Å². The fourth-order valence-corrected chi connectivity index (χ4v) is 4.19. The van der Waals surface area contributed by atoms with Gasteiger partial charge in [-0.15, -0.1) is 0 Å². The smallest absolute Gasteiger partial charge is 0.258 e. The summed E-state index contributed by atoms with van der Waals surface area (Å²) in [5.74, 6) is 0.397. The SMILES string of the molecule is O=C1NC2(CCN(C(=O)c3ccc4[nH]cnc4c3)CC2)Oc2ccc(Br)cc21. The van der Waals surface area contributed by atoms with Gasteiger partial charge in [0.15, 0.2) is 5.72 Å². The number of hydrogen-bond donors (Lipinski definition) is 2. The van der Waals surface area contributed by atoms with Crippen LogP contribution in [0.25, 0.3) is 11.0 Å². The fourth-order valence-electron chi connectivity index (χ4n) is 3.82. The molecule has 0 radical (unpaired) electrons. The topological polar surface area (TPSA) is 87.3 Å². The minimum Gasteiger partial charge on any atom is -0.467 e. The first kappa shape index (κ1) is 17.2. The molecule has 1 aromatic heterocycles. The number of carbonyl (C=O) groups excluding carboxylic acids is 2. The molecule has 2 amide bonds. The number of nitrogens with zero attached hydrogens (tertiary/aromatic N) is 2. The summed E-state index contributed by atoms with van der Waals surface area (Å²) in [7, 11) is 0. The van der Waals surface area contributed by atoms with E-state index in [4.69, 9.17) is 4.74 Å². The van der Waals surface area contributed by atoms with Crippen molar-refractivity contribution in [3.8, 4) is 5.75 Å². The Bertz CT molecular complexity index is 1100. The van der Waals surface area contributed by atoms with Crippen molar-refractivity contribution >= 4 is 38.8 Å². The van der Waals surface area contributed by atoms with Crippen LogP contribution in [-0.2, 0) is 0 Å². The molecule has 5 rings (SSSR count). The van der Waals surface area contributed by atoms with Crippen molar-refractivity contribution in [3.63, 3.8) is 0 Å². The molecule has 142 valence electrons. The molecule has 2 aliphatic heterocycles. The number of fused-ring (bicyclic) bond motifs is 2. The van der Waals surface area contributed by atoms with Gasteiger partial charge >= 0.3 is 0 Å². The van der Waals surface area contributed by atoms with Crippen molar-refractivity contribution in [3.05, 3.63) is 58.3 Å². The molecule has 28 heavy (non-hydrogen) atoms. The molecule has 2 aliphatic rings. The van der Waals surface area contributed by atoms with Crippen LogP contribution in [-0.4, -0.2) is 45.5 Å². The molecule has 8 heteroatoms. The van der Waals surface area contributed by atoms with Gasteiger partial charge in [0, 0.05) is 36.0 Å². The Kier molecular flexibility index (Phi) is 3.90. The van der Waals surface area contributed by atoms with Crippen LogP contribution < -0.4 is 10.1 Å². The zero-order chi connectivity index (χ0) is 19.3. The highest BCUT2D eigenvalue weighted by Gasteiger charge is 2.43. The number of aromatic amines is 1. The monoisotopic (exact) mass is 440 g/mol. The Balaban J connectivity index is 1.32. The lowest BCUT2D eigenvalue weighted by atomic mass is 9.96. The normalized spacial score (nSPS) is 17.9.